The summed E-state index contributed by atoms with van der Waals surface area (Å²) in [5.41, 5.74) is 0.803. The molecule has 1 N–H and O–H groups in total. The molecule has 1 heterocycles. The van der Waals surface area contributed by atoms with Gasteiger partial charge in [-0.1, -0.05) is 37.3 Å². The van der Waals surface area contributed by atoms with Gasteiger partial charge in [0.05, 0.1) is 12.1 Å². The lowest BCUT2D eigenvalue weighted by molar-refractivity contribution is -0.0251. The van der Waals surface area contributed by atoms with Crippen LogP contribution in [0.4, 0.5) is 4.79 Å². The maximum absolute atomic E-state index is 12.5. The predicted octanol–water partition coefficient (Wildman–Crippen LogP) is 4.02. The molecule has 0 saturated carbocycles. The van der Waals surface area contributed by atoms with Crippen molar-refractivity contribution in [1.82, 2.24) is 4.90 Å². The second-order valence-electron chi connectivity index (χ2n) is 7.80. The zero-order valence-electron chi connectivity index (χ0n) is 15.4. The van der Waals surface area contributed by atoms with Crippen LogP contribution in [0.5, 0.6) is 0 Å². The van der Waals surface area contributed by atoms with Crippen molar-refractivity contribution in [3.8, 4) is 0 Å². The molecule has 1 fully saturated rings. The average Bonchev–Trinajstić information content (AvgIpc) is 2.53. The quantitative estimate of drug-likeness (QED) is 0.905. The third-order valence-electron chi connectivity index (χ3n) is 4.61. The standard InChI is InChI=1S/C20H31NO3/c1-5-18(22)17-14-16(13-15-9-7-6-8-10-15)11-12-21(17)19(23)24-20(2,3)4/h6-10,16-18,22H,5,11-14H2,1-4H3. The molecule has 24 heavy (non-hydrogen) atoms. The van der Waals surface area contributed by atoms with E-state index in [0.717, 1.165) is 19.3 Å². The molecular formula is C20H31NO3. The van der Waals surface area contributed by atoms with Gasteiger partial charge in [0.15, 0.2) is 0 Å². The minimum Gasteiger partial charge on any atom is -0.444 e. The number of hydrogen-bond donors (Lipinski definition) is 1. The van der Waals surface area contributed by atoms with Gasteiger partial charge >= 0.3 is 6.09 Å². The first kappa shape index (κ1) is 18.8. The maximum atomic E-state index is 12.5. The fourth-order valence-corrected chi connectivity index (χ4v) is 3.39. The highest BCUT2D eigenvalue weighted by Crippen LogP contribution is 2.30. The van der Waals surface area contributed by atoms with Crippen molar-refractivity contribution in [2.24, 2.45) is 5.92 Å². The molecule has 3 atom stereocenters. The molecule has 4 heteroatoms. The molecule has 4 nitrogen and oxygen atoms in total. The van der Waals surface area contributed by atoms with Crippen molar-refractivity contribution in [1.29, 1.82) is 0 Å². The predicted molar refractivity (Wildman–Crippen MR) is 95.9 cm³/mol. The smallest absolute Gasteiger partial charge is 0.410 e. The van der Waals surface area contributed by atoms with Crippen LogP contribution in [0.3, 0.4) is 0 Å². The maximum Gasteiger partial charge on any atom is 0.410 e. The summed E-state index contributed by atoms with van der Waals surface area (Å²) in [5.74, 6) is 0.484. The average molecular weight is 333 g/mol. The van der Waals surface area contributed by atoms with Crippen LogP contribution in [-0.2, 0) is 11.2 Å². The van der Waals surface area contributed by atoms with Crippen molar-refractivity contribution < 1.29 is 14.6 Å². The largest absolute Gasteiger partial charge is 0.444 e. The molecule has 0 spiro atoms. The summed E-state index contributed by atoms with van der Waals surface area (Å²) in [6.45, 7) is 8.22. The van der Waals surface area contributed by atoms with E-state index in [4.69, 9.17) is 4.74 Å². The molecule has 1 aromatic carbocycles. The Morgan fingerprint density at radius 2 is 2.00 bits per heavy atom. The number of nitrogens with zero attached hydrogens (tertiary/aromatic N) is 1. The first-order valence-corrected chi connectivity index (χ1v) is 9.01. The van der Waals surface area contributed by atoms with Crippen LogP contribution in [0.25, 0.3) is 0 Å². The van der Waals surface area contributed by atoms with Gasteiger partial charge in [-0.15, -0.1) is 0 Å². The Morgan fingerprint density at radius 1 is 1.33 bits per heavy atom. The van der Waals surface area contributed by atoms with E-state index < -0.39 is 11.7 Å². The zero-order chi connectivity index (χ0) is 17.7. The summed E-state index contributed by atoms with van der Waals surface area (Å²) >= 11 is 0. The van der Waals surface area contributed by atoms with E-state index >= 15 is 0 Å². The Kier molecular flexibility index (Phi) is 6.27. The van der Waals surface area contributed by atoms with Crippen LogP contribution in [0.2, 0.25) is 0 Å². The Bertz CT molecular complexity index is 523. The van der Waals surface area contributed by atoms with Crippen molar-refractivity contribution in [3.05, 3.63) is 35.9 Å². The van der Waals surface area contributed by atoms with Crippen LogP contribution in [-0.4, -0.2) is 40.4 Å². The van der Waals surface area contributed by atoms with Crippen LogP contribution in [0, 0.1) is 5.92 Å². The highest BCUT2D eigenvalue weighted by molar-refractivity contribution is 5.68. The van der Waals surface area contributed by atoms with E-state index in [0.29, 0.717) is 18.9 Å². The lowest BCUT2D eigenvalue weighted by Crippen LogP contribution is -2.53. The molecule has 134 valence electrons. The third kappa shape index (κ3) is 5.23. The Balaban J connectivity index is 2.05. The van der Waals surface area contributed by atoms with Gasteiger partial charge in [-0.05, 0) is 57.9 Å². The van der Waals surface area contributed by atoms with Crippen molar-refractivity contribution in [3.63, 3.8) is 0 Å². The van der Waals surface area contributed by atoms with E-state index in [1.165, 1.54) is 5.56 Å². The minimum absolute atomic E-state index is 0.160. The SMILES string of the molecule is CCC(O)C1CC(Cc2ccccc2)CCN1C(=O)OC(C)(C)C. The highest BCUT2D eigenvalue weighted by Gasteiger charge is 2.37. The van der Waals surface area contributed by atoms with Gasteiger partial charge in [0.1, 0.15) is 5.60 Å². The molecule has 3 unspecified atom stereocenters. The number of hydrogen-bond acceptors (Lipinski definition) is 3. The Labute approximate surface area is 145 Å². The van der Waals surface area contributed by atoms with Crippen LogP contribution in [0.1, 0.15) is 52.5 Å². The van der Waals surface area contributed by atoms with Gasteiger partial charge in [0.25, 0.3) is 0 Å². The van der Waals surface area contributed by atoms with Crippen molar-refractivity contribution >= 4 is 6.09 Å². The van der Waals surface area contributed by atoms with E-state index in [1.807, 2.05) is 33.8 Å². The molecule has 1 amide bonds. The van der Waals surface area contributed by atoms with Gasteiger partial charge in [0.2, 0.25) is 0 Å². The van der Waals surface area contributed by atoms with Crippen LogP contribution < -0.4 is 0 Å². The molecule has 0 radical (unpaired) electrons. The van der Waals surface area contributed by atoms with E-state index in [2.05, 4.69) is 24.3 Å². The molecule has 1 aromatic rings. The topological polar surface area (TPSA) is 49.8 Å². The Hall–Kier alpha value is -1.55. The summed E-state index contributed by atoms with van der Waals surface area (Å²) in [5, 5.41) is 10.4. The number of carbonyl (C=O) groups is 1. The van der Waals surface area contributed by atoms with Crippen LogP contribution >= 0.6 is 0 Å². The molecule has 0 aliphatic carbocycles. The molecular weight excluding hydrogens is 302 g/mol. The molecule has 1 aliphatic rings. The van der Waals surface area contributed by atoms with Gasteiger partial charge < -0.3 is 14.7 Å². The number of amides is 1. The first-order valence-electron chi connectivity index (χ1n) is 9.01. The normalized spacial score (nSPS) is 23.0. The van der Waals surface area contributed by atoms with E-state index in [9.17, 15) is 9.90 Å². The second-order valence-corrected chi connectivity index (χ2v) is 7.80. The summed E-state index contributed by atoms with van der Waals surface area (Å²) in [7, 11) is 0. The minimum atomic E-state index is -0.514. The van der Waals surface area contributed by atoms with Crippen LogP contribution in [0.15, 0.2) is 30.3 Å². The Morgan fingerprint density at radius 3 is 2.58 bits per heavy atom. The van der Waals surface area contributed by atoms with Gasteiger partial charge in [-0.3, -0.25) is 0 Å². The number of aliphatic hydroxyl groups excluding tert-OH is 1. The highest BCUT2D eigenvalue weighted by atomic mass is 16.6. The third-order valence-corrected chi connectivity index (χ3v) is 4.61. The molecule has 0 bridgehead atoms. The fraction of sp³-hybridized carbons (Fsp3) is 0.650. The van der Waals surface area contributed by atoms with Gasteiger partial charge in [0, 0.05) is 6.54 Å². The van der Waals surface area contributed by atoms with Gasteiger partial charge in [-0.25, -0.2) is 4.79 Å². The first-order chi connectivity index (χ1) is 11.3. The van der Waals surface area contributed by atoms with Gasteiger partial charge in [-0.2, -0.15) is 0 Å². The number of likely N-dealkylation sites (tertiary alicyclic amines) is 1. The summed E-state index contributed by atoms with van der Waals surface area (Å²) in [6.07, 6.45) is 2.59. The lowest BCUT2D eigenvalue weighted by Gasteiger charge is -2.42. The zero-order valence-corrected chi connectivity index (χ0v) is 15.4. The molecule has 1 aliphatic heterocycles. The summed E-state index contributed by atoms with van der Waals surface area (Å²) in [4.78, 5) is 14.2. The number of rotatable bonds is 4. The number of aliphatic hydroxyl groups is 1. The molecule has 2 rings (SSSR count). The number of benzene rings is 1. The van der Waals surface area contributed by atoms with Crippen molar-refractivity contribution in [2.45, 2.75) is 71.1 Å². The summed E-state index contributed by atoms with van der Waals surface area (Å²) < 4.78 is 5.53. The molecule has 1 saturated heterocycles. The number of carbonyl (C=O) groups excluding carboxylic acids is 1. The number of piperidine rings is 1. The fourth-order valence-electron chi connectivity index (χ4n) is 3.39. The monoisotopic (exact) mass is 333 g/mol. The lowest BCUT2D eigenvalue weighted by atomic mass is 9.84. The van der Waals surface area contributed by atoms with E-state index in [-0.39, 0.29) is 12.1 Å². The number of ether oxygens (including phenoxy) is 1. The van der Waals surface area contributed by atoms with E-state index in [1.54, 1.807) is 4.90 Å². The second kappa shape index (κ2) is 8.02. The molecule has 0 aromatic heterocycles. The van der Waals surface area contributed by atoms with Crippen molar-refractivity contribution in [2.75, 3.05) is 6.54 Å². The summed E-state index contributed by atoms with van der Waals surface area (Å²) in [6, 6.07) is 10.3.